The van der Waals surface area contributed by atoms with Crippen molar-refractivity contribution in [1.29, 1.82) is 0 Å². The Kier molecular flexibility index (Phi) is 5.39. The lowest BCUT2D eigenvalue weighted by Crippen LogP contribution is -2.10. The maximum absolute atomic E-state index is 11.6. The van der Waals surface area contributed by atoms with Crippen LogP contribution in [0, 0.1) is 0 Å². The van der Waals surface area contributed by atoms with E-state index in [-0.39, 0.29) is 0 Å². The van der Waals surface area contributed by atoms with Gasteiger partial charge in [0.1, 0.15) is 5.75 Å². The minimum atomic E-state index is -3.41. The van der Waals surface area contributed by atoms with Crippen molar-refractivity contribution in [2.45, 2.75) is 0 Å². The van der Waals surface area contributed by atoms with Gasteiger partial charge in [-0.25, -0.2) is 8.42 Å². The molecule has 0 fully saturated rings. The van der Waals surface area contributed by atoms with Crippen LogP contribution >= 0.6 is 0 Å². The Bertz CT molecular complexity index is 998. The molecule has 4 nitrogen and oxygen atoms in total. The first-order chi connectivity index (χ1) is 12.5. The van der Waals surface area contributed by atoms with Gasteiger partial charge in [-0.2, -0.15) is 0 Å². The van der Waals surface area contributed by atoms with Crippen LogP contribution in [0.1, 0.15) is 11.1 Å². The minimum absolute atomic E-state index is 0.396. The van der Waals surface area contributed by atoms with Crippen molar-refractivity contribution >= 4 is 27.9 Å². The fourth-order valence-corrected chi connectivity index (χ4v) is 2.95. The molecule has 0 spiro atoms. The number of rotatable bonds is 6. The van der Waals surface area contributed by atoms with Crippen LogP contribution in [0.2, 0.25) is 0 Å². The predicted octanol–water partition coefficient (Wildman–Crippen LogP) is 5.02. The van der Waals surface area contributed by atoms with Crippen LogP contribution in [0.4, 0.5) is 5.69 Å². The largest absolute Gasteiger partial charge is 0.455 e. The summed E-state index contributed by atoms with van der Waals surface area (Å²) in [5.74, 6) is 1.07. The molecule has 3 aromatic rings. The van der Waals surface area contributed by atoms with E-state index in [1.54, 1.807) is 12.1 Å². The average Bonchev–Trinajstić information content (AvgIpc) is 2.62. The van der Waals surface area contributed by atoms with E-state index in [1.807, 2.05) is 78.9 Å². The van der Waals surface area contributed by atoms with Crippen LogP contribution < -0.4 is 9.46 Å². The molecule has 0 bridgehead atoms. The third kappa shape index (κ3) is 5.22. The first-order valence-corrected chi connectivity index (χ1v) is 9.97. The highest BCUT2D eigenvalue weighted by Gasteiger charge is 2.10. The van der Waals surface area contributed by atoms with E-state index >= 15 is 0 Å². The predicted molar refractivity (Wildman–Crippen MR) is 107 cm³/mol. The molecule has 3 rings (SSSR count). The zero-order valence-corrected chi connectivity index (χ0v) is 15.1. The lowest BCUT2D eigenvalue weighted by molar-refractivity contribution is 0.484. The lowest BCUT2D eigenvalue weighted by atomic mass is 10.1. The van der Waals surface area contributed by atoms with E-state index in [9.17, 15) is 8.42 Å². The molecule has 0 unspecified atom stereocenters. The number of ether oxygens (including phenoxy) is 1. The summed E-state index contributed by atoms with van der Waals surface area (Å²) in [7, 11) is -3.41. The standard InChI is InChI=1S/C21H19NO3S/c1-26(23,24)22-20-15-14-18(13-12-17-8-4-2-5-9-17)16-21(20)25-19-10-6-3-7-11-19/h2-16,22H,1H3/b13-12+. The van der Waals surface area contributed by atoms with Crippen molar-refractivity contribution in [2.75, 3.05) is 11.0 Å². The molecule has 0 saturated heterocycles. The summed E-state index contributed by atoms with van der Waals surface area (Å²) in [6.07, 6.45) is 5.06. The van der Waals surface area contributed by atoms with Gasteiger partial charge >= 0.3 is 0 Å². The second kappa shape index (κ2) is 7.89. The zero-order valence-electron chi connectivity index (χ0n) is 14.3. The lowest BCUT2D eigenvalue weighted by Gasteiger charge is -2.13. The van der Waals surface area contributed by atoms with Crippen molar-refractivity contribution in [2.24, 2.45) is 0 Å². The second-order valence-electron chi connectivity index (χ2n) is 5.79. The number of sulfonamides is 1. The second-order valence-corrected chi connectivity index (χ2v) is 7.54. The summed E-state index contributed by atoms with van der Waals surface area (Å²) >= 11 is 0. The molecule has 132 valence electrons. The molecule has 0 radical (unpaired) electrons. The maximum Gasteiger partial charge on any atom is 0.229 e. The number of anilines is 1. The molecule has 0 saturated carbocycles. The number of hydrogen-bond donors (Lipinski definition) is 1. The Morgan fingerprint density at radius 1 is 0.808 bits per heavy atom. The van der Waals surface area contributed by atoms with Crippen LogP contribution in [0.3, 0.4) is 0 Å². The number of hydrogen-bond acceptors (Lipinski definition) is 3. The summed E-state index contributed by atoms with van der Waals surface area (Å²) < 4.78 is 31.6. The highest BCUT2D eigenvalue weighted by molar-refractivity contribution is 7.92. The molecule has 0 aliphatic carbocycles. The van der Waals surface area contributed by atoms with Crippen molar-refractivity contribution in [3.05, 3.63) is 90.0 Å². The van der Waals surface area contributed by atoms with Crippen molar-refractivity contribution < 1.29 is 13.2 Å². The topological polar surface area (TPSA) is 55.4 Å². The van der Waals surface area contributed by atoms with Gasteiger partial charge < -0.3 is 4.74 Å². The van der Waals surface area contributed by atoms with E-state index in [0.717, 1.165) is 17.4 Å². The molecule has 26 heavy (non-hydrogen) atoms. The van der Waals surface area contributed by atoms with Gasteiger partial charge in [-0.15, -0.1) is 0 Å². The van der Waals surface area contributed by atoms with E-state index in [0.29, 0.717) is 17.2 Å². The number of para-hydroxylation sites is 1. The third-order valence-electron chi connectivity index (χ3n) is 3.54. The van der Waals surface area contributed by atoms with Crippen LogP contribution in [0.5, 0.6) is 11.5 Å². The monoisotopic (exact) mass is 365 g/mol. The highest BCUT2D eigenvalue weighted by Crippen LogP contribution is 2.31. The molecule has 5 heteroatoms. The van der Waals surface area contributed by atoms with Crippen molar-refractivity contribution in [1.82, 2.24) is 0 Å². The van der Waals surface area contributed by atoms with Gasteiger partial charge in [-0.1, -0.05) is 66.7 Å². The van der Waals surface area contributed by atoms with Crippen LogP contribution in [0.25, 0.3) is 12.2 Å². The Labute approximate surface area is 153 Å². The average molecular weight is 365 g/mol. The first-order valence-electron chi connectivity index (χ1n) is 8.07. The third-order valence-corrected chi connectivity index (χ3v) is 4.13. The molecule has 0 aliphatic heterocycles. The summed E-state index contributed by atoms with van der Waals surface area (Å²) in [5, 5.41) is 0. The van der Waals surface area contributed by atoms with E-state index in [1.165, 1.54) is 0 Å². The molecular formula is C21H19NO3S. The molecule has 3 aromatic carbocycles. The molecule has 0 atom stereocenters. The van der Waals surface area contributed by atoms with Gasteiger partial charge in [-0.3, -0.25) is 4.72 Å². The van der Waals surface area contributed by atoms with Gasteiger partial charge in [0.2, 0.25) is 10.0 Å². The molecule has 1 N–H and O–H groups in total. The Morgan fingerprint density at radius 3 is 2.08 bits per heavy atom. The smallest absolute Gasteiger partial charge is 0.229 e. The molecule has 0 aromatic heterocycles. The van der Waals surface area contributed by atoms with Crippen LogP contribution in [-0.2, 0) is 10.0 Å². The molecule has 0 aliphatic rings. The van der Waals surface area contributed by atoms with Gasteiger partial charge in [0.15, 0.2) is 5.75 Å². The summed E-state index contributed by atoms with van der Waals surface area (Å²) in [5.41, 5.74) is 2.38. The van der Waals surface area contributed by atoms with E-state index in [2.05, 4.69) is 4.72 Å². The number of benzene rings is 3. The Hall–Kier alpha value is -3.05. The normalized spacial score (nSPS) is 11.4. The fraction of sp³-hybridized carbons (Fsp3) is 0.0476. The summed E-state index contributed by atoms with van der Waals surface area (Å²) in [6.45, 7) is 0. The van der Waals surface area contributed by atoms with E-state index in [4.69, 9.17) is 4.74 Å². The minimum Gasteiger partial charge on any atom is -0.455 e. The summed E-state index contributed by atoms with van der Waals surface area (Å²) in [4.78, 5) is 0. The first kappa shape index (κ1) is 17.8. The van der Waals surface area contributed by atoms with Crippen molar-refractivity contribution in [3.8, 4) is 11.5 Å². The fourth-order valence-electron chi connectivity index (χ4n) is 2.38. The van der Waals surface area contributed by atoms with Gasteiger partial charge in [-0.05, 0) is 35.4 Å². The van der Waals surface area contributed by atoms with Gasteiger partial charge in [0.05, 0.1) is 11.9 Å². The number of nitrogens with one attached hydrogen (secondary N) is 1. The SMILES string of the molecule is CS(=O)(=O)Nc1ccc(/C=C/c2ccccc2)cc1Oc1ccccc1. The Balaban J connectivity index is 1.93. The zero-order chi connectivity index (χ0) is 18.4. The van der Waals surface area contributed by atoms with Crippen molar-refractivity contribution in [3.63, 3.8) is 0 Å². The van der Waals surface area contributed by atoms with Gasteiger partial charge in [0, 0.05) is 0 Å². The highest BCUT2D eigenvalue weighted by atomic mass is 32.2. The maximum atomic E-state index is 11.6. The Morgan fingerprint density at radius 2 is 1.42 bits per heavy atom. The van der Waals surface area contributed by atoms with Gasteiger partial charge in [0.25, 0.3) is 0 Å². The molecule has 0 amide bonds. The molecular weight excluding hydrogens is 346 g/mol. The molecule has 0 heterocycles. The van der Waals surface area contributed by atoms with Crippen LogP contribution in [0.15, 0.2) is 78.9 Å². The van der Waals surface area contributed by atoms with E-state index < -0.39 is 10.0 Å². The van der Waals surface area contributed by atoms with Crippen LogP contribution in [-0.4, -0.2) is 14.7 Å². The quantitative estimate of drug-likeness (QED) is 0.624. The summed E-state index contributed by atoms with van der Waals surface area (Å²) in [6, 6.07) is 24.5.